The number of aryl methyl sites for hydroxylation is 1. The average Bonchev–Trinajstić information content (AvgIpc) is 3.12. The molecule has 3 rings (SSSR count). The van der Waals surface area contributed by atoms with Crippen LogP contribution in [0.2, 0.25) is 0 Å². The highest BCUT2D eigenvalue weighted by molar-refractivity contribution is 5.91. The van der Waals surface area contributed by atoms with Gasteiger partial charge in [0.25, 0.3) is 5.91 Å². The standard InChI is InChI=1S/C19H20N4O2/c1-14-3-2-4-17(11-14)23-12-18(21-22-23)19(25)20-10-9-15-5-7-16(13-24)8-6-15/h2-8,11-12,24H,9-10,13H2,1H3,(H,20,25). The largest absolute Gasteiger partial charge is 0.392 e. The molecule has 0 bridgehead atoms. The van der Waals surface area contributed by atoms with E-state index in [1.807, 2.05) is 55.5 Å². The van der Waals surface area contributed by atoms with Crippen molar-refractivity contribution in [3.05, 3.63) is 77.1 Å². The molecule has 0 fully saturated rings. The van der Waals surface area contributed by atoms with E-state index in [0.717, 1.165) is 22.4 Å². The second-order valence-corrected chi connectivity index (χ2v) is 5.87. The zero-order valence-corrected chi connectivity index (χ0v) is 14.0. The summed E-state index contributed by atoms with van der Waals surface area (Å²) in [6, 6.07) is 15.5. The van der Waals surface area contributed by atoms with E-state index in [9.17, 15) is 4.79 Å². The summed E-state index contributed by atoms with van der Waals surface area (Å²) in [6.45, 7) is 2.55. The molecule has 0 radical (unpaired) electrons. The summed E-state index contributed by atoms with van der Waals surface area (Å²) >= 11 is 0. The van der Waals surface area contributed by atoms with Crippen molar-refractivity contribution in [3.8, 4) is 5.69 Å². The van der Waals surface area contributed by atoms with E-state index in [1.165, 1.54) is 0 Å². The predicted octanol–water partition coefficient (Wildman–Crippen LogP) is 2.04. The highest BCUT2D eigenvalue weighted by Gasteiger charge is 2.11. The minimum Gasteiger partial charge on any atom is -0.392 e. The van der Waals surface area contributed by atoms with Crippen molar-refractivity contribution in [1.82, 2.24) is 20.3 Å². The van der Waals surface area contributed by atoms with Gasteiger partial charge in [-0.15, -0.1) is 5.10 Å². The van der Waals surface area contributed by atoms with Crippen molar-refractivity contribution in [2.45, 2.75) is 20.0 Å². The summed E-state index contributed by atoms with van der Waals surface area (Å²) in [7, 11) is 0. The molecular weight excluding hydrogens is 316 g/mol. The first kappa shape index (κ1) is 16.9. The van der Waals surface area contributed by atoms with E-state index < -0.39 is 0 Å². The summed E-state index contributed by atoms with van der Waals surface area (Å²) in [5.41, 5.74) is 4.25. The van der Waals surface area contributed by atoms with E-state index >= 15 is 0 Å². The van der Waals surface area contributed by atoms with Crippen LogP contribution in [0.4, 0.5) is 0 Å². The first-order valence-electron chi connectivity index (χ1n) is 8.12. The lowest BCUT2D eigenvalue weighted by molar-refractivity contribution is 0.0949. The van der Waals surface area contributed by atoms with Crippen molar-refractivity contribution in [1.29, 1.82) is 0 Å². The molecule has 3 aromatic rings. The second kappa shape index (κ2) is 7.72. The maximum absolute atomic E-state index is 12.2. The van der Waals surface area contributed by atoms with Gasteiger partial charge in [-0.3, -0.25) is 4.79 Å². The Bertz CT molecular complexity index is 856. The molecule has 0 saturated heterocycles. The maximum atomic E-state index is 12.2. The van der Waals surface area contributed by atoms with Gasteiger partial charge < -0.3 is 10.4 Å². The van der Waals surface area contributed by atoms with Crippen LogP contribution in [0.1, 0.15) is 27.2 Å². The van der Waals surface area contributed by atoms with E-state index in [1.54, 1.807) is 10.9 Å². The lowest BCUT2D eigenvalue weighted by Crippen LogP contribution is -2.26. The Morgan fingerprint density at radius 2 is 1.92 bits per heavy atom. The Hall–Kier alpha value is -2.99. The SMILES string of the molecule is Cc1cccc(-n2cc(C(=O)NCCc3ccc(CO)cc3)nn2)c1. The smallest absolute Gasteiger partial charge is 0.273 e. The van der Waals surface area contributed by atoms with Crippen LogP contribution in [0.25, 0.3) is 5.69 Å². The minimum atomic E-state index is -0.245. The van der Waals surface area contributed by atoms with Crippen LogP contribution >= 0.6 is 0 Å². The lowest BCUT2D eigenvalue weighted by Gasteiger charge is -2.04. The Kier molecular flexibility index (Phi) is 5.20. The quantitative estimate of drug-likeness (QED) is 0.722. The van der Waals surface area contributed by atoms with Crippen LogP contribution in [0.15, 0.2) is 54.7 Å². The average molecular weight is 336 g/mol. The molecule has 0 unspecified atom stereocenters. The number of amides is 1. The van der Waals surface area contributed by atoms with Gasteiger partial charge in [0.1, 0.15) is 0 Å². The molecule has 0 aliphatic rings. The van der Waals surface area contributed by atoms with Gasteiger partial charge in [-0.05, 0) is 42.2 Å². The fourth-order valence-electron chi connectivity index (χ4n) is 2.49. The summed E-state index contributed by atoms with van der Waals surface area (Å²) < 4.78 is 1.59. The van der Waals surface area contributed by atoms with E-state index in [-0.39, 0.29) is 18.2 Å². The van der Waals surface area contributed by atoms with Crippen LogP contribution in [-0.2, 0) is 13.0 Å². The minimum absolute atomic E-state index is 0.0353. The number of nitrogens with zero attached hydrogens (tertiary/aromatic N) is 3. The molecule has 1 heterocycles. The molecule has 0 atom stereocenters. The Morgan fingerprint density at radius 3 is 2.64 bits per heavy atom. The topological polar surface area (TPSA) is 80.0 Å². The molecule has 2 aromatic carbocycles. The number of nitrogens with one attached hydrogen (secondary N) is 1. The first-order valence-corrected chi connectivity index (χ1v) is 8.12. The third-order valence-corrected chi connectivity index (χ3v) is 3.90. The third-order valence-electron chi connectivity index (χ3n) is 3.90. The monoisotopic (exact) mass is 336 g/mol. The van der Waals surface area contributed by atoms with Gasteiger partial charge in [-0.1, -0.05) is 41.6 Å². The molecular formula is C19H20N4O2. The molecule has 0 aliphatic carbocycles. The number of carbonyl (C=O) groups is 1. The Labute approximate surface area is 146 Å². The Balaban J connectivity index is 1.56. The van der Waals surface area contributed by atoms with Gasteiger partial charge in [0.05, 0.1) is 18.5 Å². The van der Waals surface area contributed by atoms with Crippen LogP contribution in [0, 0.1) is 6.92 Å². The fourth-order valence-corrected chi connectivity index (χ4v) is 2.49. The predicted molar refractivity (Wildman–Crippen MR) is 94.5 cm³/mol. The molecule has 6 heteroatoms. The molecule has 2 N–H and O–H groups in total. The van der Waals surface area contributed by atoms with Crippen molar-refractivity contribution >= 4 is 5.91 Å². The van der Waals surface area contributed by atoms with Gasteiger partial charge in [0.15, 0.2) is 5.69 Å². The van der Waals surface area contributed by atoms with E-state index in [0.29, 0.717) is 13.0 Å². The first-order chi connectivity index (χ1) is 12.2. The second-order valence-electron chi connectivity index (χ2n) is 5.87. The zero-order valence-electron chi connectivity index (χ0n) is 14.0. The number of hydrogen-bond donors (Lipinski definition) is 2. The van der Waals surface area contributed by atoms with E-state index in [4.69, 9.17) is 5.11 Å². The molecule has 1 amide bonds. The summed E-state index contributed by atoms with van der Waals surface area (Å²) in [5.74, 6) is -0.245. The van der Waals surface area contributed by atoms with Gasteiger partial charge in [-0.25, -0.2) is 4.68 Å². The lowest BCUT2D eigenvalue weighted by atomic mass is 10.1. The van der Waals surface area contributed by atoms with Crippen molar-refractivity contribution in [2.24, 2.45) is 0 Å². The number of aromatic nitrogens is 3. The summed E-state index contributed by atoms with van der Waals surface area (Å²) in [5, 5.41) is 19.8. The van der Waals surface area contributed by atoms with Crippen LogP contribution in [0.5, 0.6) is 0 Å². The van der Waals surface area contributed by atoms with Gasteiger partial charge in [0, 0.05) is 6.54 Å². The molecule has 128 valence electrons. The normalized spacial score (nSPS) is 10.6. The van der Waals surface area contributed by atoms with Crippen LogP contribution < -0.4 is 5.32 Å². The fraction of sp³-hybridized carbons (Fsp3) is 0.211. The number of rotatable bonds is 6. The van der Waals surface area contributed by atoms with Crippen molar-refractivity contribution in [2.75, 3.05) is 6.54 Å². The maximum Gasteiger partial charge on any atom is 0.273 e. The molecule has 0 aliphatic heterocycles. The number of aliphatic hydroxyl groups excluding tert-OH is 1. The number of hydrogen-bond acceptors (Lipinski definition) is 4. The van der Waals surface area contributed by atoms with Gasteiger partial charge in [-0.2, -0.15) is 0 Å². The van der Waals surface area contributed by atoms with Crippen LogP contribution in [-0.4, -0.2) is 32.6 Å². The number of benzene rings is 2. The number of aliphatic hydroxyl groups is 1. The zero-order chi connectivity index (χ0) is 17.6. The van der Waals surface area contributed by atoms with E-state index in [2.05, 4.69) is 15.6 Å². The van der Waals surface area contributed by atoms with Gasteiger partial charge >= 0.3 is 0 Å². The highest BCUT2D eigenvalue weighted by atomic mass is 16.3. The highest BCUT2D eigenvalue weighted by Crippen LogP contribution is 2.09. The number of carbonyl (C=O) groups excluding carboxylic acids is 1. The van der Waals surface area contributed by atoms with Gasteiger partial charge in [0.2, 0.25) is 0 Å². The summed E-state index contributed by atoms with van der Waals surface area (Å²) in [6.07, 6.45) is 2.34. The molecule has 25 heavy (non-hydrogen) atoms. The molecule has 1 aromatic heterocycles. The third kappa shape index (κ3) is 4.30. The Morgan fingerprint density at radius 1 is 1.16 bits per heavy atom. The van der Waals surface area contributed by atoms with Crippen molar-refractivity contribution in [3.63, 3.8) is 0 Å². The molecule has 0 spiro atoms. The molecule has 6 nitrogen and oxygen atoms in total. The van der Waals surface area contributed by atoms with Crippen molar-refractivity contribution < 1.29 is 9.90 Å². The van der Waals surface area contributed by atoms with Crippen LogP contribution in [0.3, 0.4) is 0 Å². The molecule has 0 saturated carbocycles. The summed E-state index contributed by atoms with van der Waals surface area (Å²) in [4.78, 5) is 12.2.